The Morgan fingerprint density at radius 3 is 2.35 bits per heavy atom. The zero-order valence-electron chi connectivity index (χ0n) is 14.5. The van der Waals surface area contributed by atoms with Gasteiger partial charge in [0.1, 0.15) is 11.4 Å². The number of amides is 1. The van der Waals surface area contributed by atoms with Crippen molar-refractivity contribution in [1.82, 2.24) is 4.90 Å². The summed E-state index contributed by atoms with van der Waals surface area (Å²) in [5, 5.41) is 0. The molecule has 0 aromatic carbocycles. The minimum absolute atomic E-state index is 0.0515. The Labute approximate surface area is 136 Å². The smallest absolute Gasteiger partial charge is 0.414 e. The van der Waals surface area contributed by atoms with Gasteiger partial charge in [-0.1, -0.05) is 0 Å². The van der Waals surface area contributed by atoms with E-state index in [0.717, 1.165) is 6.42 Å². The van der Waals surface area contributed by atoms with Gasteiger partial charge in [0.15, 0.2) is 5.76 Å². The van der Waals surface area contributed by atoms with E-state index in [2.05, 4.69) is 0 Å². The van der Waals surface area contributed by atoms with Crippen molar-refractivity contribution < 1.29 is 23.8 Å². The van der Waals surface area contributed by atoms with Gasteiger partial charge in [0.25, 0.3) is 0 Å². The van der Waals surface area contributed by atoms with Gasteiger partial charge < -0.3 is 14.2 Å². The van der Waals surface area contributed by atoms with Crippen LogP contribution in [-0.4, -0.2) is 43.1 Å². The summed E-state index contributed by atoms with van der Waals surface area (Å²) in [6.45, 7) is 7.72. The van der Waals surface area contributed by atoms with Gasteiger partial charge >= 0.3 is 6.09 Å². The molecule has 0 radical (unpaired) electrons. The fourth-order valence-electron chi connectivity index (χ4n) is 3.74. The molecule has 0 aromatic heterocycles. The van der Waals surface area contributed by atoms with Gasteiger partial charge in [-0.15, -0.1) is 0 Å². The van der Waals surface area contributed by atoms with Crippen molar-refractivity contribution in [3.05, 3.63) is 22.8 Å². The standard InChI is InChI=1S/C17H23NO5/c1-9-11(21-5)13-17(14(19)12(9)22-6)7-10(17)8-18(13)15(20)23-16(2,3)4/h10H,7-8H2,1-6H3/t10-,17+/m1/s1. The molecule has 0 N–H and O–H groups in total. The zero-order valence-corrected chi connectivity index (χ0v) is 14.5. The molecule has 1 saturated heterocycles. The van der Waals surface area contributed by atoms with Crippen LogP contribution in [0.4, 0.5) is 4.79 Å². The predicted molar refractivity (Wildman–Crippen MR) is 82.2 cm³/mol. The molecule has 6 heteroatoms. The largest absolute Gasteiger partial charge is 0.494 e. The van der Waals surface area contributed by atoms with Crippen LogP contribution in [0.5, 0.6) is 0 Å². The fraction of sp³-hybridized carbons (Fsp3) is 0.647. The quantitative estimate of drug-likeness (QED) is 0.782. The SMILES string of the molecule is COC1=C(C)C(OC)=C2N(C(=O)OC(C)(C)C)C[C@H]3C[C@@]23C1=O. The van der Waals surface area contributed by atoms with Crippen molar-refractivity contribution in [1.29, 1.82) is 0 Å². The van der Waals surface area contributed by atoms with Gasteiger partial charge in [-0.2, -0.15) is 0 Å². The third kappa shape index (κ3) is 2.07. The lowest BCUT2D eigenvalue weighted by atomic mass is 9.86. The van der Waals surface area contributed by atoms with Crippen molar-refractivity contribution in [2.24, 2.45) is 11.3 Å². The maximum Gasteiger partial charge on any atom is 0.414 e. The average molecular weight is 321 g/mol. The number of rotatable bonds is 2. The molecule has 6 nitrogen and oxygen atoms in total. The second-order valence-electron chi connectivity index (χ2n) is 7.33. The summed E-state index contributed by atoms with van der Waals surface area (Å²) >= 11 is 0. The van der Waals surface area contributed by atoms with E-state index in [0.29, 0.717) is 29.3 Å². The molecule has 1 aliphatic heterocycles. The lowest BCUT2D eigenvalue weighted by Crippen LogP contribution is -2.39. The molecular formula is C17H23NO5. The number of nitrogens with zero attached hydrogens (tertiary/aromatic N) is 1. The first-order valence-corrected chi connectivity index (χ1v) is 7.76. The maximum absolute atomic E-state index is 12.9. The van der Waals surface area contributed by atoms with Gasteiger partial charge in [-0.3, -0.25) is 9.69 Å². The second-order valence-corrected chi connectivity index (χ2v) is 7.33. The molecular weight excluding hydrogens is 298 g/mol. The highest BCUT2D eigenvalue weighted by Crippen LogP contribution is 2.68. The molecule has 126 valence electrons. The normalized spacial score (nSPS) is 29.4. The van der Waals surface area contributed by atoms with Crippen molar-refractivity contribution in [2.45, 2.75) is 39.7 Å². The molecule has 23 heavy (non-hydrogen) atoms. The molecule has 1 saturated carbocycles. The van der Waals surface area contributed by atoms with E-state index in [9.17, 15) is 9.59 Å². The maximum atomic E-state index is 12.9. The van der Waals surface area contributed by atoms with Crippen LogP contribution in [0.15, 0.2) is 22.8 Å². The molecule has 3 aliphatic rings. The third-order valence-corrected chi connectivity index (χ3v) is 4.73. The van der Waals surface area contributed by atoms with Crippen LogP contribution in [0, 0.1) is 11.3 Å². The summed E-state index contributed by atoms with van der Waals surface area (Å²) in [7, 11) is 3.04. The number of carbonyl (C=O) groups excluding carboxylic acids is 2. The Kier molecular flexibility index (Phi) is 3.29. The van der Waals surface area contributed by atoms with Crippen molar-refractivity contribution in [3.63, 3.8) is 0 Å². The monoisotopic (exact) mass is 321 g/mol. The summed E-state index contributed by atoms with van der Waals surface area (Å²) in [6.07, 6.45) is 0.295. The average Bonchev–Trinajstić information content (AvgIpc) is 3.06. The number of piperidine rings is 1. The first-order chi connectivity index (χ1) is 10.7. The van der Waals surface area contributed by atoms with Crippen LogP contribution in [0.1, 0.15) is 34.1 Å². The predicted octanol–water partition coefficient (Wildman–Crippen LogP) is 2.60. The molecule has 2 aliphatic carbocycles. The number of hydrogen-bond donors (Lipinski definition) is 0. The van der Waals surface area contributed by atoms with Gasteiger partial charge in [0, 0.05) is 12.1 Å². The van der Waals surface area contributed by atoms with Crippen molar-refractivity contribution in [2.75, 3.05) is 20.8 Å². The highest BCUT2D eigenvalue weighted by molar-refractivity contribution is 6.06. The Bertz CT molecular complexity index is 654. The Morgan fingerprint density at radius 2 is 1.83 bits per heavy atom. The van der Waals surface area contributed by atoms with Gasteiger partial charge in [-0.25, -0.2) is 4.79 Å². The summed E-state index contributed by atoms with van der Waals surface area (Å²) in [5.74, 6) is 0.941. The molecule has 0 bridgehead atoms. The van der Waals surface area contributed by atoms with E-state index in [1.165, 1.54) is 7.11 Å². The number of ketones is 1. The minimum atomic E-state index is -0.674. The molecule has 0 unspecified atom stereocenters. The number of methoxy groups -OCH3 is 2. The fourth-order valence-corrected chi connectivity index (χ4v) is 3.74. The van der Waals surface area contributed by atoms with Crippen LogP contribution in [0.2, 0.25) is 0 Å². The van der Waals surface area contributed by atoms with Crippen LogP contribution in [0.25, 0.3) is 0 Å². The summed E-state index contributed by atoms with van der Waals surface area (Å²) in [6, 6.07) is 0. The van der Waals surface area contributed by atoms with E-state index in [-0.39, 0.29) is 11.7 Å². The molecule has 3 rings (SSSR count). The summed E-state index contributed by atoms with van der Waals surface area (Å²) < 4.78 is 16.3. The highest BCUT2D eigenvalue weighted by atomic mass is 16.6. The highest BCUT2D eigenvalue weighted by Gasteiger charge is 2.72. The van der Waals surface area contributed by atoms with E-state index in [4.69, 9.17) is 14.2 Å². The molecule has 1 amide bonds. The van der Waals surface area contributed by atoms with Crippen LogP contribution < -0.4 is 0 Å². The number of ether oxygens (including phenoxy) is 3. The van der Waals surface area contributed by atoms with Gasteiger partial charge in [0.2, 0.25) is 5.78 Å². The second kappa shape index (κ2) is 4.76. The van der Waals surface area contributed by atoms with Crippen LogP contribution in [-0.2, 0) is 19.0 Å². The lowest BCUT2D eigenvalue weighted by Gasteiger charge is -2.32. The van der Waals surface area contributed by atoms with E-state index in [1.807, 2.05) is 20.8 Å². The van der Waals surface area contributed by atoms with Crippen LogP contribution >= 0.6 is 0 Å². The number of likely N-dealkylation sites (tertiary alicyclic amines) is 1. The van der Waals surface area contributed by atoms with Crippen LogP contribution in [0.3, 0.4) is 0 Å². The number of carbonyl (C=O) groups is 2. The van der Waals surface area contributed by atoms with Gasteiger partial charge in [-0.05, 0) is 40.0 Å². The molecule has 1 spiro atoms. The Hall–Kier alpha value is -1.98. The Morgan fingerprint density at radius 1 is 1.22 bits per heavy atom. The number of Topliss-reactive ketones (excluding diaryl/α,β-unsaturated/α-hetero) is 1. The van der Waals surface area contributed by atoms with Crippen molar-refractivity contribution >= 4 is 11.9 Å². The molecule has 1 heterocycles. The third-order valence-electron chi connectivity index (χ3n) is 4.73. The van der Waals surface area contributed by atoms with E-state index >= 15 is 0 Å². The number of allylic oxidation sites excluding steroid dienone is 3. The molecule has 2 fully saturated rings. The van der Waals surface area contributed by atoms with Gasteiger partial charge in [0.05, 0.1) is 25.3 Å². The van der Waals surface area contributed by atoms with E-state index < -0.39 is 17.1 Å². The first kappa shape index (κ1) is 15.9. The lowest BCUT2D eigenvalue weighted by molar-refractivity contribution is -0.123. The molecule has 0 aromatic rings. The zero-order chi connectivity index (χ0) is 17.2. The molecule has 2 atom stereocenters. The first-order valence-electron chi connectivity index (χ1n) is 7.76. The summed E-state index contributed by atoms with van der Waals surface area (Å²) in [4.78, 5) is 27.0. The minimum Gasteiger partial charge on any atom is -0.494 e. The Balaban J connectivity index is 2.07. The van der Waals surface area contributed by atoms with E-state index in [1.54, 1.807) is 18.9 Å². The summed E-state index contributed by atoms with van der Waals surface area (Å²) in [5.41, 5.74) is 0.00315. The number of hydrogen-bond acceptors (Lipinski definition) is 5. The topological polar surface area (TPSA) is 65.1 Å². The van der Waals surface area contributed by atoms with Crippen molar-refractivity contribution in [3.8, 4) is 0 Å².